The van der Waals surface area contributed by atoms with Crippen molar-refractivity contribution in [2.75, 3.05) is 24.5 Å². The molecule has 0 spiro atoms. The van der Waals surface area contributed by atoms with E-state index in [1.54, 1.807) is 30.3 Å². The van der Waals surface area contributed by atoms with E-state index in [0.717, 1.165) is 5.56 Å². The predicted molar refractivity (Wildman–Crippen MR) is 112 cm³/mol. The van der Waals surface area contributed by atoms with Gasteiger partial charge in [0.05, 0.1) is 6.42 Å². The van der Waals surface area contributed by atoms with Crippen LogP contribution in [-0.2, 0) is 11.2 Å². The zero-order chi connectivity index (χ0) is 21.8. The number of carbonyl (C=O) groups excluding carboxylic acids is 1. The highest BCUT2D eigenvalue weighted by atomic mass is 19.1. The van der Waals surface area contributed by atoms with Crippen molar-refractivity contribution in [3.8, 4) is 11.6 Å². The van der Waals surface area contributed by atoms with Gasteiger partial charge in [-0.2, -0.15) is 0 Å². The van der Waals surface area contributed by atoms with E-state index in [2.05, 4.69) is 9.97 Å². The van der Waals surface area contributed by atoms with Gasteiger partial charge in [0.2, 0.25) is 11.8 Å². The highest BCUT2D eigenvalue weighted by Gasteiger charge is 2.28. The lowest BCUT2D eigenvalue weighted by Crippen LogP contribution is -2.54. The highest BCUT2D eigenvalue weighted by Crippen LogP contribution is 2.25. The molecule has 6 nitrogen and oxygen atoms in total. The van der Waals surface area contributed by atoms with Gasteiger partial charge in [0, 0.05) is 31.7 Å². The lowest BCUT2D eigenvalue weighted by Gasteiger charge is -2.40. The molecule has 0 saturated carbocycles. The molecule has 1 aliphatic heterocycles. The Labute approximate surface area is 179 Å². The number of para-hydroxylation sites is 1. The predicted octanol–water partition coefficient (Wildman–Crippen LogP) is 3.83. The number of rotatable bonds is 5. The molecule has 2 heterocycles. The van der Waals surface area contributed by atoms with Gasteiger partial charge in [0.25, 0.3) is 0 Å². The van der Waals surface area contributed by atoms with Crippen LogP contribution in [-0.4, -0.2) is 46.5 Å². The molecule has 1 aromatic heterocycles. The summed E-state index contributed by atoms with van der Waals surface area (Å²) >= 11 is 0. The summed E-state index contributed by atoms with van der Waals surface area (Å²) in [5.74, 6) is 0.212. The van der Waals surface area contributed by atoms with E-state index in [1.165, 1.54) is 30.6 Å². The second-order valence-electron chi connectivity index (χ2n) is 7.43. The Kier molecular flexibility index (Phi) is 6.06. The number of amides is 1. The fourth-order valence-electron chi connectivity index (χ4n) is 3.61. The first-order valence-corrected chi connectivity index (χ1v) is 10.0. The third-order valence-corrected chi connectivity index (χ3v) is 5.22. The van der Waals surface area contributed by atoms with E-state index in [4.69, 9.17) is 4.74 Å². The molecule has 1 amide bonds. The number of piperazine rings is 1. The quantitative estimate of drug-likeness (QED) is 0.623. The minimum absolute atomic E-state index is 0.00465. The van der Waals surface area contributed by atoms with E-state index in [9.17, 15) is 13.6 Å². The van der Waals surface area contributed by atoms with E-state index < -0.39 is 5.82 Å². The van der Waals surface area contributed by atoms with Crippen molar-refractivity contribution < 1.29 is 18.3 Å². The van der Waals surface area contributed by atoms with Gasteiger partial charge in [-0.3, -0.25) is 4.79 Å². The zero-order valence-corrected chi connectivity index (χ0v) is 17.0. The van der Waals surface area contributed by atoms with E-state index in [-0.39, 0.29) is 35.8 Å². The molecule has 1 fully saturated rings. The highest BCUT2D eigenvalue weighted by molar-refractivity contribution is 5.79. The molecule has 0 radical (unpaired) electrons. The van der Waals surface area contributed by atoms with Crippen LogP contribution in [0.3, 0.4) is 0 Å². The number of nitrogens with zero attached hydrogens (tertiary/aromatic N) is 4. The van der Waals surface area contributed by atoms with E-state index >= 15 is 0 Å². The number of ether oxygens (including phenoxy) is 1. The van der Waals surface area contributed by atoms with Gasteiger partial charge >= 0.3 is 0 Å². The van der Waals surface area contributed by atoms with Crippen molar-refractivity contribution >= 4 is 11.7 Å². The molecule has 8 heteroatoms. The van der Waals surface area contributed by atoms with Gasteiger partial charge in [0.1, 0.15) is 18.0 Å². The minimum Gasteiger partial charge on any atom is -0.436 e. The average Bonchev–Trinajstić information content (AvgIpc) is 2.77. The van der Waals surface area contributed by atoms with Crippen LogP contribution in [0.25, 0.3) is 0 Å². The summed E-state index contributed by atoms with van der Waals surface area (Å²) < 4.78 is 32.5. The summed E-state index contributed by atoms with van der Waals surface area (Å²) in [6, 6.07) is 13.7. The third kappa shape index (κ3) is 4.96. The van der Waals surface area contributed by atoms with Gasteiger partial charge < -0.3 is 14.5 Å². The van der Waals surface area contributed by atoms with Crippen LogP contribution < -0.4 is 9.64 Å². The number of hydrogen-bond donors (Lipinski definition) is 0. The molecular weight excluding hydrogens is 402 g/mol. The first-order valence-electron chi connectivity index (χ1n) is 10.0. The molecule has 0 bridgehead atoms. The standard InChI is InChI=1S/C23H22F2N4O2/c1-16-14-28(10-11-29(16)23(30)12-17-6-8-18(24)9-7-17)21-13-22(27-15-26-21)31-20-5-3-2-4-19(20)25/h2-9,13,15-16H,10-12,14H2,1H3/t16-/m1/s1. The van der Waals surface area contributed by atoms with Crippen LogP contribution in [0.4, 0.5) is 14.6 Å². The summed E-state index contributed by atoms with van der Waals surface area (Å²) in [5, 5.41) is 0. The van der Waals surface area contributed by atoms with Crippen LogP contribution in [0.15, 0.2) is 60.9 Å². The Morgan fingerprint density at radius 2 is 1.87 bits per heavy atom. The summed E-state index contributed by atoms with van der Waals surface area (Å²) in [6.07, 6.45) is 1.61. The fourth-order valence-corrected chi connectivity index (χ4v) is 3.61. The van der Waals surface area contributed by atoms with Crippen LogP contribution >= 0.6 is 0 Å². The van der Waals surface area contributed by atoms with Gasteiger partial charge in [-0.05, 0) is 36.8 Å². The molecule has 0 N–H and O–H groups in total. The van der Waals surface area contributed by atoms with E-state index in [1.807, 2.05) is 16.7 Å². The molecular formula is C23H22F2N4O2. The van der Waals surface area contributed by atoms with Crippen LogP contribution in [0, 0.1) is 11.6 Å². The fraction of sp³-hybridized carbons (Fsp3) is 0.261. The third-order valence-electron chi connectivity index (χ3n) is 5.22. The summed E-state index contributed by atoms with van der Waals surface area (Å²) in [7, 11) is 0. The lowest BCUT2D eigenvalue weighted by atomic mass is 10.1. The second-order valence-corrected chi connectivity index (χ2v) is 7.43. The van der Waals surface area contributed by atoms with Crippen LogP contribution in [0.2, 0.25) is 0 Å². The maximum atomic E-state index is 13.8. The average molecular weight is 424 g/mol. The molecule has 0 unspecified atom stereocenters. The number of anilines is 1. The second kappa shape index (κ2) is 9.07. The number of benzene rings is 2. The largest absolute Gasteiger partial charge is 0.436 e. The summed E-state index contributed by atoms with van der Waals surface area (Å²) in [4.78, 5) is 25.0. The van der Waals surface area contributed by atoms with Crippen molar-refractivity contribution in [3.05, 3.63) is 78.1 Å². The Bertz CT molecular complexity index is 1060. The van der Waals surface area contributed by atoms with Crippen molar-refractivity contribution in [2.45, 2.75) is 19.4 Å². The summed E-state index contributed by atoms with van der Waals surface area (Å²) in [6.45, 7) is 3.70. The topological polar surface area (TPSA) is 58.6 Å². The van der Waals surface area contributed by atoms with E-state index in [0.29, 0.717) is 25.5 Å². The van der Waals surface area contributed by atoms with Crippen molar-refractivity contribution in [1.29, 1.82) is 0 Å². The molecule has 3 aromatic rings. The summed E-state index contributed by atoms with van der Waals surface area (Å²) in [5.41, 5.74) is 0.784. The zero-order valence-electron chi connectivity index (χ0n) is 17.0. The first kappa shape index (κ1) is 20.7. The van der Waals surface area contributed by atoms with Crippen molar-refractivity contribution in [3.63, 3.8) is 0 Å². The molecule has 31 heavy (non-hydrogen) atoms. The number of hydrogen-bond acceptors (Lipinski definition) is 5. The van der Waals surface area contributed by atoms with Crippen molar-refractivity contribution in [2.24, 2.45) is 0 Å². The molecule has 1 aliphatic rings. The van der Waals surface area contributed by atoms with Crippen molar-refractivity contribution in [1.82, 2.24) is 14.9 Å². The monoisotopic (exact) mass is 424 g/mol. The van der Waals surface area contributed by atoms with Crippen LogP contribution in [0.1, 0.15) is 12.5 Å². The smallest absolute Gasteiger partial charge is 0.227 e. The van der Waals surface area contributed by atoms with Gasteiger partial charge in [-0.25, -0.2) is 18.7 Å². The Balaban J connectivity index is 1.40. The molecule has 2 aromatic carbocycles. The number of halogens is 2. The van der Waals surface area contributed by atoms with Gasteiger partial charge in [-0.1, -0.05) is 24.3 Å². The Morgan fingerprint density at radius 1 is 1.10 bits per heavy atom. The minimum atomic E-state index is -0.468. The van der Waals surface area contributed by atoms with Gasteiger partial charge in [0.15, 0.2) is 11.6 Å². The normalized spacial score (nSPS) is 16.3. The molecule has 1 saturated heterocycles. The Hall–Kier alpha value is -3.55. The number of carbonyl (C=O) groups is 1. The molecule has 4 rings (SSSR count). The van der Waals surface area contributed by atoms with Gasteiger partial charge in [-0.15, -0.1) is 0 Å². The molecule has 1 atom stereocenters. The van der Waals surface area contributed by atoms with Crippen LogP contribution in [0.5, 0.6) is 11.6 Å². The maximum Gasteiger partial charge on any atom is 0.227 e. The Morgan fingerprint density at radius 3 is 2.61 bits per heavy atom. The maximum absolute atomic E-state index is 13.8. The number of aromatic nitrogens is 2. The first-order chi connectivity index (χ1) is 15.0. The lowest BCUT2D eigenvalue weighted by molar-refractivity contribution is -0.132. The SMILES string of the molecule is C[C@@H]1CN(c2cc(Oc3ccccc3F)ncn2)CCN1C(=O)Cc1ccc(F)cc1. The molecule has 0 aliphatic carbocycles. The molecule has 160 valence electrons.